The molecule has 0 spiro atoms. The molecule has 0 saturated carbocycles. The zero-order chi connectivity index (χ0) is 10.1. The van der Waals surface area contributed by atoms with Gasteiger partial charge in [0.1, 0.15) is 5.75 Å². The fraction of sp³-hybridized carbons (Fsp3) is 0.143. The number of hydrogen-bond donors (Lipinski definition) is 0. The Morgan fingerprint density at radius 1 is 1.31 bits per heavy atom. The monoisotopic (exact) mass is 318 g/mol. The van der Waals surface area contributed by atoms with E-state index in [4.69, 9.17) is 38.0 Å². The smallest absolute Gasteiger partial charge is 0.372 e. The molecular weight excluding hydrogens is 314 g/mol. The van der Waals surface area contributed by atoms with E-state index in [9.17, 15) is 0 Å². The largest absolute Gasteiger partial charge is 0.496 e. The van der Waals surface area contributed by atoms with Gasteiger partial charge in [-0.1, -0.05) is 6.07 Å². The van der Waals surface area contributed by atoms with Crippen LogP contribution in [0.2, 0.25) is 0 Å². The van der Waals surface area contributed by atoms with Crippen LogP contribution in [0.3, 0.4) is 0 Å². The minimum atomic E-state index is -2.77. The zero-order valence-electron chi connectivity index (χ0n) is 6.65. The first-order chi connectivity index (χ1) is 5.95. The molecule has 0 radical (unpaired) electrons. The van der Waals surface area contributed by atoms with Gasteiger partial charge < -0.3 is 4.74 Å². The summed E-state index contributed by atoms with van der Waals surface area (Å²) in [7, 11) is 1.59. The number of benzene rings is 1. The fourth-order valence-corrected chi connectivity index (χ4v) is 3.23. The highest BCUT2D eigenvalue weighted by Gasteiger charge is 2.28. The molecular formula is C7H6BrCl3OSi. The summed E-state index contributed by atoms with van der Waals surface area (Å²) in [6.45, 7) is 0. The van der Waals surface area contributed by atoms with Gasteiger partial charge in [0.05, 0.1) is 11.6 Å². The molecule has 0 heterocycles. The van der Waals surface area contributed by atoms with Crippen molar-refractivity contribution in [2.24, 2.45) is 0 Å². The minimum absolute atomic E-state index is 0.729. The molecule has 1 rings (SSSR count). The van der Waals surface area contributed by atoms with Crippen LogP contribution >= 0.6 is 49.2 Å². The zero-order valence-corrected chi connectivity index (χ0v) is 11.5. The van der Waals surface area contributed by atoms with E-state index < -0.39 is 6.00 Å². The number of halogens is 4. The highest BCUT2D eigenvalue weighted by Crippen LogP contribution is 2.26. The molecule has 1 nitrogen and oxygen atoms in total. The van der Waals surface area contributed by atoms with Crippen LogP contribution in [0.15, 0.2) is 22.7 Å². The van der Waals surface area contributed by atoms with Crippen molar-refractivity contribution in [2.45, 2.75) is 0 Å². The maximum atomic E-state index is 5.83. The van der Waals surface area contributed by atoms with E-state index in [1.165, 1.54) is 0 Å². The molecule has 6 heteroatoms. The Kier molecular flexibility index (Phi) is 3.95. The summed E-state index contributed by atoms with van der Waals surface area (Å²) in [6, 6.07) is 2.55. The first-order valence-corrected chi connectivity index (χ1v) is 9.18. The Labute approximate surface area is 100 Å². The molecule has 0 N–H and O–H groups in total. The summed E-state index contributed by atoms with van der Waals surface area (Å²) >= 11 is 20.8. The van der Waals surface area contributed by atoms with Crippen LogP contribution < -0.4 is 9.92 Å². The molecule has 1 aromatic rings. The van der Waals surface area contributed by atoms with Crippen LogP contribution in [0.5, 0.6) is 5.75 Å². The Morgan fingerprint density at radius 3 is 2.31 bits per heavy atom. The van der Waals surface area contributed by atoms with Gasteiger partial charge in [0.15, 0.2) is 0 Å². The fourth-order valence-electron chi connectivity index (χ4n) is 0.843. The molecule has 0 aliphatic rings. The number of hydrogen-bond acceptors (Lipinski definition) is 1. The summed E-state index contributed by atoms with van der Waals surface area (Å²) < 4.78 is 5.85. The van der Waals surface area contributed by atoms with Gasteiger partial charge >= 0.3 is 6.00 Å². The van der Waals surface area contributed by atoms with Crippen molar-refractivity contribution in [2.75, 3.05) is 7.11 Å². The predicted molar refractivity (Wildman–Crippen MR) is 63.6 cm³/mol. The van der Waals surface area contributed by atoms with Gasteiger partial charge in [0.2, 0.25) is 0 Å². The summed E-state index contributed by atoms with van der Waals surface area (Å²) in [6.07, 6.45) is 0. The normalized spacial score (nSPS) is 11.5. The Balaban J connectivity index is 3.10. The second-order valence-corrected chi connectivity index (χ2v) is 11.6. The van der Waals surface area contributed by atoms with E-state index >= 15 is 0 Å². The number of rotatable bonds is 2. The quantitative estimate of drug-likeness (QED) is 0.600. The lowest BCUT2D eigenvalue weighted by Gasteiger charge is -2.10. The first kappa shape index (κ1) is 11.7. The summed E-state index contributed by atoms with van der Waals surface area (Å²) in [5.41, 5.74) is 0. The van der Waals surface area contributed by atoms with Crippen molar-refractivity contribution in [3.05, 3.63) is 22.7 Å². The molecule has 1 aromatic carbocycles. The lowest BCUT2D eigenvalue weighted by atomic mass is 10.3. The Morgan fingerprint density at radius 2 is 1.92 bits per heavy atom. The summed E-state index contributed by atoms with van der Waals surface area (Å²) in [5, 5.41) is 0.741. The molecule has 13 heavy (non-hydrogen) atoms. The van der Waals surface area contributed by atoms with Gasteiger partial charge in [-0.3, -0.25) is 0 Å². The molecule has 72 valence electrons. The molecule has 0 aromatic heterocycles. The molecule has 0 aliphatic heterocycles. The molecule has 0 aliphatic carbocycles. The van der Waals surface area contributed by atoms with Gasteiger partial charge in [-0.2, -0.15) is 0 Å². The molecule has 0 saturated heterocycles. The number of ether oxygens (including phenoxy) is 1. The van der Waals surface area contributed by atoms with Crippen molar-refractivity contribution < 1.29 is 4.74 Å². The molecule has 0 amide bonds. The van der Waals surface area contributed by atoms with Crippen LogP contribution in [0.4, 0.5) is 0 Å². The third kappa shape index (κ3) is 3.03. The average molecular weight is 320 g/mol. The molecule has 0 fully saturated rings. The third-order valence-electron chi connectivity index (χ3n) is 1.48. The molecule has 0 bridgehead atoms. The number of methoxy groups -OCH3 is 1. The predicted octanol–water partition coefficient (Wildman–Crippen LogP) is 3.32. The average Bonchev–Trinajstić information content (AvgIpc) is 2.02. The lowest BCUT2D eigenvalue weighted by molar-refractivity contribution is 0.412. The van der Waals surface area contributed by atoms with E-state index in [0.29, 0.717) is 0 Å². The van der Waals surface area contributed by atoms with Crippen LogP contribution in [-0.4, -0.2) is 13.1 Å². The third-order valence-corrected chi connectivity index (χ3v) is 5.03. The van der Waals surface area contributed by atoms with Gasteiger partial charge in [0, 0.05) is 0 Å². The molecule has 0 atom stereocenters. The van der Waals surface area contributed by atoms with Gasteiger partial charge in [-0.05, 0) is 33.2 Å². The summed E-state index contributed by atoms with van der Waals surface area (Å²) in [5.74, 6) is 0.729. The van der Waals surface area contributed by atoms with E-state index in [1.807, 2.05) is 0 Å². The van der Waals surface area contributed by atoms with Crippen LogP contribution in [0.25, 0.3) is 0 Å². The SMILES string of the molecule is COc1ccc([Si](Cl)(Cl)Cl)cc1Br. The van der Waals surface area contributed by atoms with Crippen molar-refractivity contribution in [1.82, 2.24) is 0 Å². The highest BCUT2D eigenvalue weighted by atomic mass is 79.9. The second-order valence-electron chi connectivity index (χ2n) is 2.35. The van der Waals surface area contributed by atoms with Crippen LogP contribution in [-0.2, 0) is 0 Å². The van der Waals surface area contributed by atoms with Crippen molar-refractivity contribution in [1.29, 1.82) is 0 Å². The van der Waals surface area contributed by atoms with E-state index in [2.05, 4.69) is 15.9 Å². The Hall–Kier alpha value is 0.587. The van der Waals surface area contributed by atoms with E-state index in [-0.39, 0.29) is 0 Å². The summed E-state index contributed by atoms with van der Waals surface area (Å²) in [4.78, 5) is 0. The van der Waals surface area contributed by atoms with Crippen molar-refractivity contribution >= 4 is 60.4 Å². The van der Waals surface area contributed by atoms with Crippen LogP contribution in [0.1, 0.15) is 0 Å². The van der Waals surface area contributed by atoms with Crippen molar-refractivity contribution in [3.63, 3.8) is 0 Å². The maximum Gasteiger partial charge on any atom is 0.372 e. The van der Waals surface area contributed by atoms with E-state index in [1.54, 1.807) is 25.3 Å². The van der Waals surface area contributed by atoms with Crippen molar-refractivity contribution in [3.8, 4) is 5.75 Å². The Bertz CT molecular complexity index is 313. The second kappa shape index (κ2) is 4.40. The van der Waals surface area contributed by atoms with Gasteiger partial charge in [0.25, 0.3) is 0 Å². The molecule has 0 unspecified atom stereocenters. The highest BCUT2D eigenvalue weighted by molar-refractivity contribution is 9.10. The standard InChI is InChI=1S/C7H6BrCl3OSi/c1-12-7-3-2-5(4-6(7)8)13(9,10)11/h2-4H,1H3. The maximum absolute atomic E-state index is 5.83. The van der Waals surface area contributed by atoms with Gasteiger partial charge in [-0.15, -0.1) is 33.2 Å². The first-order valence-electron chi connectivity index (χ1n) is 3.36. The minimum Gasteiger partial charge on any atom is -0.496 e. The van der Waals surface area contributed by atoms with Crippen LogP contribution in [0, 0.1) is 0 Å². The topological polar surface area (TPSA) is 9.23 Å². The van der Waals surface area contributed by atoms with Gasteiger partial charge in [-0.25, -0.2) is 0 Å². The van der Waals surface area contributed by atoms with E-state index in [0.717, 1.165) is 15.4 Å². The lowest BCUT2D eigenvalue weighted by Crippen LogP contribution is -2.29.